The maximum atomic E-state index is 12.7. The summed E-state index contributed by atoms with van der Waals surface area (Å²) in [4.78, 5) is 16.2. The van der Waals surface area contributed by atoms with Crippen LogP contribution < -0.4 is 10.1 Å². The van der Waals surface area contributed by atoms with Gasteiger partial charge in [0.05, 0.1) is 12.6 Å². The molecule has 0 saturated carbocycles. The third-order valence-electron chi connectivity index (χ3n) is 4.89. The summed E-state index contributed by atoms with van der Waals surface area (Å²) in [6.07, 6.45) is 0.920. The van der Waals surface area contributed by atoms with Crippen LogP contribution in [0.25, 0.3) is 0 Å². The zero-order valence-corrected chi connectivity index (χ0v) is 16.4. The number of halogens is 2. The van der Waals surface area contributed by atoms with Crippen molar-refractivity contribution in [1.29, 1.82) is 0 Å². The molecule has 1 aromatic heterocycles. The van der Waals surface area contributed by atoms with Crippen molar-refractivity contribution in [1.82, 2.24) is 4.90 Å². The van der Waals surface area contributed by atoms with Gasteiger partial charge in [0.1, 0.15) is 5.75 Å². The quantitative estimate of drug-likeness (QED) is 0.622. The van der Waals surface area contributed by atoms with E-state index in [-0.39, 0.29) is 24.2 Å². The van der Waals surface area contributed by atoms with Crippen LogP contribution in [0.5, 0.6) is 5.75 Å². The number of ether oxygens (including phenoxy) is 1. The van der Waals surface area contributed by atoms with Gasteiger partial charge in [0.2, 0.25) is 5.91 Å². The molecule has 2 heterocycles. The van der Waals surface area contributed by atoms with Crippen LogP contribution in [-0.2, 0) is 11.2 Å². The third kappa shape index (κ3) is 4.63. The number of fused-ring (bicyclic) bond motifs is 1. The zero-order chi connectivity index (χ0) is 20.2. The summed E-state index contributed by atoms with van der Waals surface area (Å²) in [6.45, 7) is -1.84. The maximum absolute atomic E-state index is 12.7. The highest BCUT2D eigenvalue weighted by Gasteiger charge is 2.30. The number of anilines is 1. The van der Waals surface area contributed by atoms with Gasteiger partial charge in [-0.1, -0.05) is 30.3 Å². The van der Waals surface area contributed by atoms with Gasteiger partial charge in [-0.3, -0.25) is 9.69 Å². The van der Waals surface area contributed by atoms with Crippen molar-refractivity contribution >= 4 is 22.9 Å². The number of hydrogen-bond donors (Lipinski definition) is 1. The number of benzene rings is 2. The molecule has 150 valence electrons. The molecule has 4 rings (SSSR count). The van der Waals surface area contributed by atoms with Crippen molar-refractivity contribution in [3.05, 3.63) is 82.0 Å². The molecule has 1 atom stereocenters. The predicted octanol–water partition coefficient (Wildman–Crippen LogP) is 4.94. The topological polar surface area (TPSA) is 41.6 Å². The zero-order valence-electron chi connectivity index (χ0n) is 15.6. The van der Waals surface area contributed by atoms with Crippen LogP contribution in [0.4, 0.5) is 14.5 Å². The predicted molar refractivity (Wildman–Crippen MR) is 110 cm³/mol. The molecule has 0 spiro atoms. The van der Waals surface area contributed by atoms with E-state index in [1.807, 2.05) is 18.2 Å². The molecular formula is C22H20F2N2O2S. The normalized spacial score (nSPS) is 16.4. The lowest BCUT2D eigenvalue weighted by atomic mass is 9.93. The molecule has 3 aromatic rings. The van der Waals surface area contributed by atoms with Gasteiger partial charge in [-0.2, -0.15) is 8.78 Å². The average Bonchev–Trinajstić information content (AvgIpc) is 3.18. The van der Waals surface area contributed by atoms with Gasteiger partial charge < -0.3 is 10.1 Å². The molecule has 0 aliphatic carbocycles. The minimum atomic E-state index is -2.87. The number of nitrogens with one attached hydrogen (secondary N) is 1. The molecule has 1 N–H and O–H groups in total. The van der Waals surface area contributed by atoms with E-state index in [4.69, 9.17) is 0 Å². The molecule has 0 fully saturated rings. The van der Waals surface area contributed by atoms with E-state index in [1.54, 1.807) is 23.5 Å². The monoisotopic (exact) mass is 414 g/mol. The number of carbonyl (C=O) groups excluding carboxylic acids is 1. The molecule has 2 aromatic carbocycles. The molecule has 1 aliphatic heterocycles. The molecule has 7 heteroatoms. The van der Waals surface area contributed by atoms with Gasteiger partial charge in [0.25, 0.3) is 0 Å². The van der Waals surface area contributed by atoms with Crippen LogP contribution in [0.3, 0.4) is 0 Å². The van der Waals surface area contributed by atoms with Gasteiger partial charge in [-0.05, 0) is 53.3 Å². The minimum Gasteiger partial charge on any atom is -0.435 e. The van der Waals surface area contributed by atoms with Crippen molar-refractivity contribution in [2.24, 2.45) is 0 Å². The van der Waals surface area contributed by atoms with Gasteiger partial charge in [0, 0.05) is 17.1 Å². The molecular weight excluding hydrogens is 394 g/mol. The number of amides is 1. The highest BCUT2D eigenvalue weighted by atomic mass is 32.1. The lowest BCUT2D eigenvalue weighted by Gasteiger charge is -2.35. The van der Waals surface area contributed by atoms with Crippen molar-refractivity contribution in [3.63, 3.8) is 0 Å². The number of rotatable bonds is 6. The summed E-state index contributed by atoms with van der Waals surface area (Å²) in [5, 5.41) is 4.94. The largest absolute Gasteiger partial charge is 0.435 e. The SMILES string of the molecule is O=C(CN1CCc2sccc2C1c1ccccc1)Nc1ccc(OC(F)F)cc1. The Kier molecular flexibility index (Phi) is 5.87. The lowest BCUT2D eigenvalue weighted by Crippen LogP contribution is -2.40. The van der Waals surface area contributed by atoms with Crippen LogP contribution in [-0.4, -0.2) is 30.5 Å². The molecule has 1 unspecified atom stereocenters. The van der Waals surface area contributed by atoms with Crippen molar-refractivity contribution in [2.45, 2.75) is 19.1 Å². The first-order chi connectivity index (χ1) is 14.1. The summed E-state index contributed by atoms with van der Waals surface area (Å²) in [5.41, 5.74) is 2.96. The Bertz CT molecular complexity index is 960. The Morgan fingerprint density at radius 2 is 1.90 bits per heavy atom. The highest BCUT2D eigenvalue weighted by molar-refractivity contribution is 7.10. The molecule has 1 aliphatic rings. The number of nitrogens with zero attached hydrogens (tertiary/aromatic N) is 1. The smallest absolute Gasteiger partial charge is 0.387 e. The highest BCUT2D eigenvalue weighted by Crippen LogP contribution is 2.37. The summed E-state index contributed by atoms with van der Waals surface area (Å²) >= 11 is 1.76. The molecule has 0 bridgehead atoms. The fourth-order valence-electron chi connectivity index (χ4n) is 3.67. The van der Waals surface area contributed by atoms with Gasteiger partial charge in [-0.25, -0.2) is 0 Å². The van der Waals surface area contributed by atoms with E-state index >= 15 is 0 Å². The average molecular weight is 414 g/mol. The second-order valence-electron chi connectivity index (χ2n) is 6.78. The first-order valence-corrected chi connectivity index (χ1v) is 10.2. The number of thiophene rings is 1. The Morgan fingerprint density at radius 1 is 1.14 bits per heavy atom. The van der Waals surface area contributed by atoms with E-state index < -0.39 is 6.61 Å². The van der Waals surface area contributed by atoms with E-state index in [2.05, 4.69) is 38.5 Å². The summed E-state index contributed by atoms with van der Waals surface area (Å²) in [7, 11) is 0. The molecule has 0 saturated heterocycles. The molecule has 0 radical (unpaired) electrons. The standard InChI is InChI=1S/C22H20F2N2O2S/c23-22(24)28-17-8-6-16(7-9-17)25-20(27)14-26-12-10-19-18(11-13-29-19)21(26)15-4-2-1-3-5-15/h1-9,11,13,21-22H,10,12,14H2,(H,25,27). The maximum Gasteiger partial charge on any atom is 0.387 e. The third-order valence-corrected chi connectivity index (χ3v) is 5.89. The number of carbonyl (C=O) groups is 1. The van der Waals surface area contributed by atoms with E-state index in [0.717, 1.165) is 18.5 Å². The van der Waals surface area contributed by atoms with Crippen molar-refractivity contribution in [2.75, 3.05) is 18.4 Å². The van der Waals surface area contributed by atoms with E-state index in [1.165, 1.54) is 22.6 Å². The molecule has 29 heavy (non-hydrogen) atoms. The molecule has 4 nitrogen and oxygen atoms in total. The van der Waals surface area contributed by atoms with Crippen molar-refractivity contribution < 1.29 is 18.3 Å². The van der Waals surface area contributed by atoms with Crippen LogP contribution in [0.15, 0.2) is 66.0 Å². The van der Waals surface area contributed by atoms with E-state index in [0.29, 0.717) is 5.69 Å². The Balaban J connectivity index is 1.47. The van der Waals surface area contributed by atoms with Crippen LogP contribution >= 0.6 is 11.3 Å². The molecule has 1 amide bonds. The van der Waals surface area contributed by atoms with Crippen molar-refractivity contribution in [3.8, 4) is 5.75 Å². The first-order valence-electron chi connectivity index (χ1n) is 9.30. The van der Waals surface area contributed by atoms with Gasteiger partial charge in [-0.15, -0.1) is 11.3 Å². The number of hydrogen-bond acceptors (Lipinski definition) is 4. The summed E-state index contributed by atoms with van der Waals surface area (Å²) in [5.74, 6) is -0.0877. The van der Waals surface area contributed by atoms with Crippen LogP contribution in [0, 0.1) is 0 Å². The summed E-state index contributed by atoms with van der Waals surface area (Å²) in [6, 6.07) is 18.3. The van der Waals surface area contributed by atoms with E-state index in [9.17, 15) is 13.6 Å². The summed E-state index contributed by atoms with van der Waals surface area (Å²) < 4.78 is 28.8. The second kappa shape index (κ2) is 8.71. The Labute approximate surface area is 171 Å². The first kappa shape index (κ1) is 19.5. The fourth-order valence-corrected chi connectivity index (χ4v) is 4.57. The second-order valence-corrected chi connectivity index (χ2v) is 7.78. The van der Waals surface area contributed by atoms with Gasteiger partial charge >= 0.3 is 6.61 Å². The Hall–Kier alpha value is -2.77. The Morgan fingerprint density at radius 3 is 2.62 bits per heavy atom. The van der Waals surface area contributed by atoms with Gasteiger partial charge in [0.15, 0.2) is 0 Å². The number of alkyl halides is 2. The minimum absolute atomic E-state index is 0.0405. The van der Waals surface area contributed by atoms with Crippen LogP contribution in [0.1, 0.15) is 22.0 Å². The van der Waals surface area contributed by atoms with Crippen LogP contribution in [0.2, 0.25) is 0 Å². The fraction of sp³-hybridized carbons (Fsp3) is 0.227. The lowest BCUT2D eigenvalue weighted by molar-refractivity contribution is -0.117.